The third-order valence-electron chi connectivity index (χ3n) is 5.96. The molecule has 1 unspecified atom stereocenters. The van der Waals surface area contributed by atoms with Gasteiger partial charge >= 0.3 is 0 Å². The number of nitrogens with one attached hydrogen (secondary N) is 1. The van der Waals surface area contributed by atoms with E-state index in [4.69, 9.17) is 0 Å². The predicted octanol–water partition coefficient (Wildman–Crippen LogP) is 3.75. The summed E-state index contributed by atoms with van der Waals surface area (Å²) in [6.07, 6.45) is 2.89. The van der Waals surface area contributed by atoms with Gasteiger partial charge in [-0.05, 0) is 30.0 Å². The summed E-state index contributed by atoms with van der Waals surface area (Å²) in [6.45, 7) is 1.78. The van der Waals surface area contributed by atoms with Gasteiger partial charge in [-0.15, -0.1) is 0 Å². The topological polar surface area (TPSA) is 67.2 Å². The van der Waals surface area contributed by atoms with Crippen molar-refractivity contribution in [3.8, 4) is 0 Å². The van der Waals surface area contributed by atoms with E-state index in [1.54, 1.807) is 4.90 Å². The summed E-state index contributed by atoms with van der Waals surface area (Å²) in [5, 5.41) is 5.14. The van der Waals surface area contributed by atoms with Gasteiger partial charge in [0.2, 0.25) is 11.8 Å². The molecule has 1 aromatic heterocycles. The molecule has 2 heterocycles. The van der Waals surface area contributed by atoms with Crippen LogP contribution in [0.2, 0.25) is 0 Å². The zero-order valence-corrected chi connectivity index (χ0v) is 17.2. The molecule has 4 aromatic rings. The number of amides is 2. The predicted molar refractivity (Wildman–Crippen MR) is 122 cm³/mol. The van der Waals surface area contributed by atoms with Crippen LogP contribution in [0.3, 0.4) is 0 Å². The fourth-order valence-electron chi connectivity index (χ4n) is 4.35. The first-order chi connectivity index (χ1) is 15.2. The smallest absolute Gasteiger partial charge is 0.227 e. The number of anilines is 1. The second-order valence-electron chi connectivity index (χ2n) is 7.97. The molecule has 2 amide bonds. The van der Waals surface area contributed by atoms with Crippen molar-refractivity contribution < 1.29 is 9.59 Å². The van der Waals surface area contributed by atoms with E-state index in [2.05, 4.69) is 14.9 Å². The fraction of sp³-hybridized carbons (Fsp3) is 0.240. The van der Waals surface area contributed by atoms with E-state index in [0.29, 0.717) is 13.1 Å². The Labute approximate surface area is 180 Å². The minimum absolute atomic E-state index is 0.00129. The quantitative estimate of drug-likeness (QED) is 0.491. The number of aromatic nitrogens is 2. The van der Waals surface area contributed by atoms with E-state index in [1.165, 1.54) is 0 Å². The first-order valence-electron chi connectivity index (χ1n) is 10.7. The number of para-hydroxylation sites is 2. The van der Waals surface area contributed by atoms with Crippen molar-refractivity contribution in [3.05, 3.63) is 73.1 Å². The summed E-state index contributed by atoms with van der Waals surface area (Å²) in [4.78, 5) is 31.5. The standard InChI is InChI=1S/C25H24N4O2/c30-24-15-19(16-29(24)22-12-5-8-18-7-1-2-9-20(18)22)25(31)26-13-6-14-28-17-27-21-10-3-4-11-23(21)28/h1-5,7-12,17,19H,6,13-16H2,(H,26,31). The molecule has 5 rings (SSSR count). The second kappa shape index (κ2) is 8.22. The van der Waals surface area contributed by atoms with Gasteiger partial charge in [0.25, 0.3) is 0 Å². The van der Waals surface area contributed by atoms with Gasteiger partial charge in [-0.3, -0.25) is 9.59 Å². The molecule has 1 aliphatic heterocycles. The number of hydrogen-bond donors (Lipinski definition) is 1. The maximum Gasteiger partial charge on any atom is 0.227 e. The Balaban J connectivity index is 1.18. The van der Waals surface area contributed by atoms with Crippen LogP contribution >= 0.6 is 0 Å². The van der Waals surface area contributed by atoms with Gasteiger partial charge in [-0.25, -0.2) is 4.98 Å². The maximum atomic E-state index is 12.7. The number of aryl methyl sites for hydroxylation is 1. The molecule has 1 aliphatic rings. The lowest BCUT2D eigenvalue weighted by molar-refractivity contribution is -0.126. The molecule has 6 heteroatoms. The number of carbonyl (C=O) groups is 2. The first kappa shape index (κ1) is 19.3. The Morgan fingerprint density at radius 1 is 1.03 bits per heavy atom. The van der Waals surface area contributed by atoms with Crippen LogP contribution in [0, 0.1) is 5.92 Å². The highest BCUT2D eigenvalue weighted by molar-refractivity contribution is 6.06. The highest BCUT2D eigenvalue weighted by Gasteiger charge is 2.35. The van der Waals surface area contributed by atoms with Crippen molar-refractivity contribution in [1.29, 1.82) is 0 Å². The average Bonchev–Trinajstić information content (AvgIpc) is 3.40. The Hall–Kier alpha value is -3.67. The molecule has 1 atom stereocenters. The lowest BCUT2D eigenvalue weighted by Crippen LogP contribution is -2.33. The molecule has 0 radical (unpaired) electrons. The third-order valence-corrected chi connectivity index (χ3v) is 5.96. The van der Waals surface area contributed by atoms with Crippen molar-refractivity contribution in [2.75, 3.05) is 18.0 Å². The normalized spacial score (nSPS) is 16.3. The Morgan fingerprint density at radius 2 is 1.84 bits per heavy atom. The Bertz CT molecular complexity index is 1260. The van der Waals surface area contributed by atoms with Crippen LogP contribution in [0.4, 0.5) is 5.69 Å². The summed E-state index contributed by atoms with van der Waals surface area (Å²) >= 11 is 0. The summed E-state index contributed by atoms with van der Waals surface area (Å²) in [6, 6.07) is 22.0. The molecule has 156 valence electrons. The highest BCUT2D eigenvalue weighted by Crippen LogP contribution is 2.31. The molecule has 1 saturated heterocycles. The fourth-order valence-corrected chi connectivity index (χ4v) is 4.35. The van der Waals surface area contributed by atoms with Crippen molar-refractivity contribution in [2.45, 2.75) is 19.4 Å². The number of benzene rings is 3. The molecule has 0 saturated carbocycles. The Morgan fingerprint density at radius 3 is 2.77 bits per heavy atom. The minimum atomic E-state index is -0.319. The van der Waals surface area contributed by atoms with E-state index in [1.807, 2.05) is 73.1 Å². The number of rotatable bonds is 6. The van der Waals surface area contributed by atoms with Crippen molar-refractivity contribution in [1.82, 2.24) is 14.9 Å². The minimum Gasteiger partial charge on any atom is -0.356 e. The molecule has 31 heavy (non-hydrogen) atoms. The largest absolute Gasteiger partial charge is 0.356 e. The molecular formula is C25H24N4O2. The summed E-state index contributed by atoms with van der Waals surface area (Å²) in [5.74, 6) is -0.367. The van der Waals surface area contributed by atoms with E-state index in [0.717, 1.165) is 40.5 Å². The van der Waals surface area contributed by atoms with Gasteiger partial charge in [0.1, 0.15) is 0 Å². The molecule has 6 nitrogen and oxygen atoms in total. The van der Waals surface area contributed by atoms with Gasteiger partial charge in [0.15, 0.2) is 0 Å². The van der Waals surface area contributed by atoms with Gasteiger partial charge in [0.05, 0.1) is 29.0 Å². The van der Waals surface area contributed by atoms with Crippen LogP contribution in [0.25, 0.3) is 21.8 Å². The summed E-state index contributed by atoms with van der Waals surface area (Å²) in [5.41, 5.74) is 2.95. The first-order valence-corrected chi connectivity index (χ1v) is 10.7. The van der Waals surface area contributed by atoms with E-state index in [-0.39, 0.29) is 24.2 Å². The van der Waals surface area contributed by atoms with Crippen LogP contribution in [-0.4, -0.2) is 34.5 Å². The lowest BCUT2D eigenvalue weighted by Gasteiger charge is -2.19. The number of hydrogen-bond acceptors (Lipinski definition) is 3. The zero-order valence-electron chi connectivity index (χ0n) is 17.2. The van der Waals surface area contributed by atoms with E-state index < -0.39 is 0 Å². The summed E-state index contributed by atoms with van der Waals surface area (Å²) in [7, 11) is 0. The van der Waals surface area contributed by atoms with Gasteiger partial charge in [-0.2, -0.15) is 0 Å². The number of imidazole rings is 1. The van der Waals surface area contributed by atoms with Gasteiger partial charge in [0, 0.05) is 31.4 Å². The molecule has 0 bridgehead atoms. The van der Waals surface area contributed by atoms with Gasteiger partial charge in [-0.1, -0.05) is 48.5 Å². The zero-order chi connectivity index (χ0) is 21.2. The van der Waals surface area contributed by atoms with Crippen LogP contribution < -0.4 is 10.2 Å². The monoisotopic (exact) mass is 412 g/mol. The van der Waals surface area contributed by atoms with E-state index >= 15 is 0 Å². The molecule has 1 N–H and O–H groups in total. The number of fused-ring (bicyclic) bond motifs is 2. The number of nitrogens with zero attached hydrogens (tertiary/aromatic N) is 3. The van der Waals surface area contributed by atoms with Crippen molar-refractivity contribution in [2.24, 2.45) is 5.92 Å². The van der Waals surface area contributed by atoms with Crippen LogP contribution in [0.15, 0.2) is 73.1 Å². The molecular weight excluding hydrogens is 388 g/mol. The van der Waals surface area contributed by atoms with Crippen molar-refractivity contribution >= 4 is 39.3 Å². The molecule has 0 aliphatic carbocycles. The second-order valence-corrected chi connectivity index (χ2v) is 7.97. The molecule has 0 spiro atoms. The van der Waals surface area contributed by atoms with Crippen LogP contribution in [-0.2, 0) is 16.1 Å². The van der Waals surface area contributed by atoms with E-state index in [9.17, 15) is 9.59 Å². The number of carbonyl (C=O) groups excluding carboxylic acids is 2. The lowest BCUT2D eigenvalue weighted by atomic mass is 10.1. The SMILES string of the molecule is O=C(NCCCn1cnc2ccccc21)C1CC(=O)N(c2cccc3ccccc23)C1. The molecule has 1 fully saturated rings. The third kappa shape index (κ3) is 3.77. The van der Waals surface area contributed by atoms with Crippen LogP contribution in [0.1, 0.15) is 12.8 Å². The average molecular weight is 412 g/mol. The van der Waals surface area contributed by atoms with Gasteiger partial charge < -0.3 is 14.8 Å². The summed E-state index contributed by atoms with van der Waals surface area (Å²) < 4.78 is 2.10. The molecule has 3 aromatic carbocycles. The maximum absolute atomic E-state index is 12.7. The highest BCUT2D eigenvalue weighted by atomic mass is 16.2. The van der Waals surface area contributed by atoms with Crippen LogP contribution in [0.5, 0.6) is 0 Å². The Kier molecular flexibility index (Phi) is 5.12. The van der Waals surface area contributed by atoms with Crippen molar-refractivity contribution in [3.63, 3.8) is 0 Å².